The lowest BCUT2D eigenvalue weighted by molar-refractivity contribution is 0.127. The van der Waals surface area contributed by atoms with Crippen LogP contribution in [0.3, 0.4) is 0 Å². The van der Waals surface area contributed by atoms with Crippen molar-refractivity contribution in [2.24, 2.45) is 16.3 Å². The maximum absolute atomic E-state index is 8.76. The molecule has 3 N–H and O–H groups in total. The molecule has 114 valence electrons. The van der Waals surface area contributed by atoms with Gasteiger partial charge in [-0.1, -0.05) is 19.0 Å². The first-order valence-corrected chi connectivity index (χ1v) is 6.66. The van der Waals surface area contributed by atoms with Gasteiger partial charge in [-0.15, -0.1) is 0 Å². The molecule has 0 spiro atoms. The summed E-state index contributed by atoms with van der Waals surface area (Å²) in [4.78, 5) is 2.31. The van der Waals surface area contributed by atoms with Crippen LogP contribution < -0.4 is 5.73 Å². The summed E-state index contributed by atoms with van der Waals surface area (Å²) >= 11 is 0. The fraction of sp³-hybridized carbons (Fsp3) is 0.923. The Morgan fingerprint density at radius 1 is 1.16 bits per heavy atom. The van der Waals surface area contributed by atoms with Crippen molar-refractivity contribution in [2.75, 3.05) is 47.1 Å². The molecule has 6 heteroatoms. The second kappa shape index (κ2) is 10.00. The van der Waals surface area contributed by atoms with Crippen LogP contribution >= 0.6 is 0 Å². The zero-order valence-corrected chi connectivity index (χ0v) is 12.7. The molecule has 0 unspecified atom stereocenters. The second-order valence-corrected chi connectivity index (χ2v) is 5.30. The average molecular weight is 275 g/mol. The number of amidine groups is 1. The molecule has 0 heterocycles. The molecule has 0 aromatic heterocycles. The van der Waals surface area contributed by atoms with E-state index < -0.39 is 0 Å². The lowest BCUT2D eigenvalue weighted by atomic mass is 9.88. The van der Waals surface area contributed by atoms with Gasteiger partial charge in [0, 0.05) is 39.3 Å². The van der Waals surface area contributed by atoms with Gasteiger partial charge in [-0.2, -0.15) is 0 Å². The lowest BCUT2D eigenvalue weighted by Crippen LogP contribution is -2.37. The highest BCUT2D eigenvalue weighted by Crippen LogP contribution is 2.20. The van der Waals surface area contributed by atoms with Crippen molar-refractivity contribution in [3.63, 3.8) is 0 Å². The van der Waals surface area contributed by atoms with E-state index in [-0.39, 0.29) is 11.3 Å². The van der Waals surface area contributed by atoms with Crippen LogP contribution in [0, 0.1) is 5.41 Å². The summed E-state index contributed by atoms with van der Waals surface area (Å²) in [5.74, 6) is 0.274. The third-order valence-corrected chi connectivity index (χ3v) is 3.29. The molecule has 0 aromatic carbocycles. The fourth-order valence-electron chi connectivity index (χ4n) is 1.69. The summed E-state index contributed by atoms with van der Waals surface area (Å²) in [6, 6.07) is 0. The fourth-order valence-corrected chi connectivity index (χ4v) is 1.69. The summed E-state index contributed by atoms with van der Waals surface area (Å²) in [5.41, 5.74) is 5.39. The molecule has 6 nitrogen and oxygen atoms in total. The van der Waals surface area contributed by atoms with Crippen LogP contribution in [0.4, 0.5) is 0 Å². The maximum Gasteiger partial charge on any atom is 0.144 e. The van der Waals surface area contributed by atoms with Crippen molar-refractivity contribution < 1.29 is 14.7 Å². The van der Waals surface area contributed by atoms with Crippen molar-refractivity contribution >= 4 is 5.84 Å². The van der Waals surface area contributed by atoms with Gasteiger partial charge in [-0.3, -0.25) is 0 Å². The highest BCUT2D eigenvalue weighted by Gasteiger charge is 2.24. The van der Waals surface area contributed by atoms with E-state index in [9.17, 15) is 0 Å². The van der Waals surface area contributed by atoms with Crippen molar-refractivity contribution in [1.82, 2.24) is 4.90 Å². The first-order valence-electron chi connectivity index (χ1n) is 6.66. The van der Waals surface area contributed by atoms with Crippen molar-refractivity contribution in [3.8, 4) is 0 Å². The van der Waals surface area contributed by atoms with E-state index in [0.717, 1.165) is 39.1 Å². The molecule has 0 aliphatic carbocycles. The molecule has 19 heavy (non-hydrogen) atoms. The Hall–Kier alpha value is -0.850. The van der Waals surface area contributed by atoms with Gasteiger partial charge in [0.1, 0.15) is 5.84 Å². The molecule has 0 atom stereocenters. The van der Waals surface area contributed by atoms with Gasteiger partial charge in [-0.25, -0.2) is 0 Å². The molecule has 0 aromatic rings. The van der Waals surface area contributed by atoms with Crippen LogP contribution in [0.1, 0.15) is 26.7 Å². The number of hydrogen-bond acceptors (Lipinski definition) is 5. The van der Waals surface area contributed by atoms with Gasteiger partial charge in [0.2, 0.25) is 0 Å². The van der Waals surface area contributed by atoms with E-state index in [1.807, 2.05) is 13.8 Å². The Balaban J connectivity index is 4.22. The monoisotopic (exact) mass is 275 g/mol. The average Bonchev–Trinajstić information content (AvgIpc) is 2.40. The molecule has 0 aliphatic rings. The van der Waals surface area contributed by atoms with E-state index in [2.05, 4.69) is 10.1 Å². The zero-order valence-electron chi connectivity index (χ0n) is 12.7. The van der Waals surface area contributed by atoms with Gasteiger partial charge in [0.15, 0.2) is 0 Å². The molecule has 0 rings (SSSR count). The van der Waals surface area contributed by atoms with E-state index in [4.69, 9.17) is 20.4 Å². The maximum atomic E-state index is 8.76. The number of hydrogen-bond donors (Lipinski definition) is 2. The van der Waals surface area contributed by atoms with Crippen molar-refractivity contribution in [3.05, 3.63) is 0 Å². The zero-order chi connectivity index (χ0) is 14.7. The number of methoxy groups -OCH3 is 2. The Kier molecular flexibility index (Phi) is 9.55. The highest BCUT2D eigenvalue weighted by molar-refractivity contribution is 5.85. The molecular weight excluding hydrogens is 246 g/mol. The van der Waals surface area contributed by atoms with Crippen LogP contribution in [0.2, 0.25) is 0 Å². The minimum atomic E-state index is -0.304. The third-order valence-electron chi connectivity index (χ3n) is 3.29. The first kappa shape index (κ1) is 18.1. The molecule has 0 amide bonds. The summed E-state index contributed by atoms with van der Waals surface area (Å²) in [6.45, 7) is 8.15. The quantitative estimate of drug-likeness (QED) is 0.194. The number of oxime groups is 1. The third kappa shape index (κ3) is 8.02. The minimum Gasteiger partial charge on any atom is -0.409 e. The predicted octanol–water partition coefficient (Wildman–Crippen LogP) is 1.13. The van der Waals surface area contributed by atoms with Crippen LogP contribution in [-0.4, -0.2) is 63.0 Å². The van der Waals surface area contributed by atoms with Crippen molar-refractivity contribution in [2.45, 2.75) is 26.7 Å². The number of ether oxygens (including phenoxy) is 2. The molecule has 0 fully saturated rings. The van der Waals surface area contributed by atoms with E-state index >= 15 is 0 Å². The molecule has 0 saturated heterocycles. The number of nitrogens with zero attached hydrogens (tertiary/aromatic N) is 2. The molecular formula is C13H29N3O3. The molecule has 0 bridgehead atoms. The number of rotatable bonds is 11. The Labute approximate surface area is 116 Å². The standard InChI is InChI=1S/C13H29N3O3/c1-13(2,12(14)15-17)6-8-16(9-11-19-4)7-5-10-18-3/h17H,5-11H2,1-4H3,(H2,14,15). The molecule has 0 saturated carbocycles. The van der Waals surface area contributed by atoms with Gasteiger partial charge in [0.25, 0.3) is 0 Å². The van der Waals surface area contributed by atoms with Crippen LogP contribution in [0.25, 0.3) is 0 Å². The molecule has 0 radical (unpaired) electrons. The summed E-state index contributed by atoms with van der Waals surface area (Å²) in [6.07, 6.45) is 1.82. The second-order valence-electron chi connectivity index (χ2n) is 5.30. The van der Waals surface area contributed by atoms with Crippen LogP contribution in [0.5, 0.6) is 0 Å². The summed E-state index contributed by atoms with van der Waals surface area (Å²) in [5, 5.41) is 11.9. The normalized spacial score (nSPS) is 13.2. The topological polar surface area (TPSA) is 80.3 Å². The lowest BCUT2D eigenvalue weighted by Gasteiger charge is -2.28. The highest BCUT2D eigenvalue weighted by atomic mass is 16.5. The van der Waals surface area contributed by atoms with Gasteiger partial charge < -0.3 is 25.3 Å². The predicted molar refractivity (Wildman–Crippen MR) is 76.6 cm³/mol. The van der Waals surface area contributed by atoms with Crippen LogP contribution in [0.15, 0.2) is 5.16 Å². The van der Waals surface area contributed by atoms with Gasteiger partial charge in [-0.05, 0) is 19.4 Å². The Bertz CT molecular complexity index is 258. The minimum absolute atomic E-state index is 0.274. The number of nitrogens with two attached hydrogens (primary N) is 1. The van der Waals surface area contributed by atoms with E-state index in [1.54, 1.807) is 14.2 Å². The Morgan fingerprint density at radius 2 is 1.79 bits per heavy atom. The smallest absolute Gasteiger partial charge is 0.144 e. The van der Waals surface area contributed by atoms with E-state index in [1.165, 1.54) is 0 Å². The van der Waals surface area contributed by atoms with E-state index in [0.29, 0.717) is 6.61 Å². The summed E-state index contributed by atoms with van der Waals surface area (Å²) < 4.78 is 10.2. The van der Waals surface area contributed by atoms with Crippen molar-refractivity contribution in [1.29, 1.82) is 0 Å². The first-order chi connectivity index (χ1) is 8.97. The van der Waals surface area contributed by atoms with Gasteiger partial charge in [0.05, 0.1) is 6.61 Å². The van der Waals surface area contributed by atoms with Crippen LogP contribution in [-0.2, 0) is 9.47 Å². The largest absolute Gasteiger partial charge is 0.409 e. The summed E-state index contributed by atoms with van der Waals surface area (Å²) in [7, 11) is 3.41. The molecule has 0 aliphatic heterocycles. The van der Waals surface area contributed by atoms with Gasteiger partial charge >= 0.3 is 0 Å². The SMILES string of the molecule is COCCCN(CCOC)CCC(C)(C)C(N)=NO. The Morgan fingerprint density at radius 3 is 2.32 bits per heavy atom.